The topological polar surface area (TPSA) is 50.7 Å². The van der Waals surface area contributed by atoms with Crippen LogP contribution in [0.4, 0.5) is 0 Å². The lowest BCUT2D eigenvalue weighted by Gasteiger charge is -2.10. The molecule has 0 saturated heterocycles. The highest BCUT2D eigenvalue weighted by Crippen LogP contribution is 2.29. The molecule has 0 saturated carbocycles. The van der Waals surface area contributed by atoms with Crippen molar-refractivity contribution in [3.63, 3.8) is 0 Å². The summed E-state index contributed by atoms with van der Waals surface area (Å²) in [6.07, 6.45) is 1.81. The summed E-state index contributed by atoms with van der Waals surface area (Å²) in [6.45, 7) is 5.09. The van der Waals surface area contributed by atoms with Gasteiger partial charge in [-0.15, -0.1) is 10.2 Å². The van der Waals surface area contributed by atoms with E-state index >= 15 is 0 Å². The van der Waals surface area contributed by atoms with Crippen LogP contribution in [-0.4, -0.2) is 21.2 Å². The molecule has 0 aliphatic heterocycles. The van der Waals surface area contributed by atoms with Gasteiger partial charge in [-0.05, 0) is 23.4 Å². The fraction of sp³-hybridized carbons (Fsp3) is 0.364. The van der Waals surface area contributed by atoms with Crippen LogP contribution >= 0.6 is 23.1 Å². The van der Waals surface area contributed by atoms with Gasteiger partial charge in [-0.2, -0.15) is 0 Å². The first-order valence-electron chi connectivity index (χ1n) is 5.37. The smallest absolute Gasteiger partial charge is 0.180 e. The number of nitrogens with one attached hydrogen (secondary N) is 1. The first kappa shape index (κ1) is 12.5. The molecule has 1 N–H and O–H groups in total. The van der Waals surface area contributed by atoms with Gasteiger partial charge >= 0.3 is 0 Å². The van der Waals surface area contributed by atoms with Crippen LogP contribution in [0, 0.1) is 0 Å². The molecule has 2 aromatic heterocycles. The Labute approximate surface area is 109 Å². The maximum Gasteiger partial charge on any atom is 0.180 e. The molecule has 0 fully saturated rings. The molecule has 2 rings (SSSR count). The Balaban J connectivity index is 2.10. The summed E-state index contributed by atoms with van der Waals surface area (Å²) >= 11 is 3.10. The molecule has 2 aromatic rings. The standard InChI is InChI=1S/C11H14N4S2/c1-8(2)13-6-9-4-3-5-12-10(9)17-11-15-14-7-16-11/h3-5,7-8,13H,6H2,1-2H3. The molecule has 90 valence electrons. The fourth-order valence-electron chi connectivity index (χ4n) is 1.25. The van der Waals surface area contributed by atoms with Crippen LogP contribution in [0.2, 0.25) is 0 Å². The highest BCUT2D eigenvalue weighted by atomic mass is 32.2. The zero-order valence-electron chi connectivity index (χ0n) is 9.75. The van der Waals surface area contributed by atoms with Crippen LogP contribution in [0.5, 0.6) is 0 Å². The quantitative estimate of drug-likeness (QED) is 0.901. The maximum absolute atomic E-state index is 4.39. The van der Waals surface area contributed by atoms with E-state index in [0.717, 1.165) is 15.9 Å². The molecule has 0 radical (unpaired) electrons. The van der Waals surface area contributed by atoms with E-state index in [0.29, 0.717) is 6.04 Å². The van der Waals surface area contributed by atoms with Gasteiger partial charge < -0.3 is 5.32 Å². The van der Waals surface area contributed by atoms with Crippen LogP contribution < -0.4 is 5.32 Å². The van der Waals surface area contributed by atoms with Crippen molar-refractivity contribution in [2.45, 2.75) is 35.8 Å². The molecule has 17 heavy (non-hydrogen) atoms. The van der Waals surface area contributed by atoms with Crippen molar-refractivity contribution in [2.24, 2.45) is 0 Å². The van der Waals surface area contributed by atoms with E-state index < -0.39 is 0 Å². The van der Waals surface area contributed by atoms with Gasteiger partial charge in [0.2, 0.25) is 0 Å². The Morgan fingerprint density at radius 1 is 1.47 bits per heavy atom. The van der Waals surface area contributed by atoms with Crippen LogP contribution in [0.1, 0.15) is 19.4 Å². The predicted molar refractivity (Wildman–Crippen MR) is 70.2 cm³/mol. The summed E-state index contributed by atoms with van der Waals surface area (Å²) in [6, 6.07) is 4.52. The molecular weight excluding hydrogens is 252 g/mol. The summed E-state index contributed by atoms with van der Waals surface area (Å²) in [5.74, 6) is 0. The fourth-order valence-corrected chi connectivity index (χ4v) is 2.73. The minimum Gasteiger partial charge on any atom is -0.310 e. The minimum absolute atomic E-state index is 0.467. The van der Waals surface area contributed by atoms with E-state index in [1.165, 1.54) is 16.9 Å². The second kappa shape index (κ2) is 6.09. The molecule has 0 unspecified atom stereocenters. The number of rotatable bonds is 5. The van der Waals surface area contributed by atoms with Gasteiger partial charge in [-0.25, -0.2) is 4.98 Å². The number of hydrogen-bond donors (Lipinski definition) is 1. The molecule has 6 heteroatoms. The highest BCUT2D eigenvalue weighted by Gasteiger charge is 2.07. The Hall–Kier alpha value is -0.980. The molecule has 0 atom stereocenters. The lowest BCUT2D eigenvalue weighted by atomic mass is 10.2. The average molecular weight is 266 g/mol. The van der Waals surface area contributed by atoms with E-state index in [-0.39, 0.29) is 0 Å². The molecular formula is C11H14N4S2. The number of pyridine rings is 1. The Morgan fingerprint density at radius 2 is 2.35 bits per heavy atom. The van der Waals surface area contributed by atoms with Crippen molar-refractivity contribution in [2.75, 3.05) is 0 Å². The van der Waals surface area contributed by atoms with Crippen LogP contribution in [-0.2, 0) is 6.54 Å². The third kappa shape index (κ3) is 3.76. The largest absolute Gasteiger partial charge is 0.310 e. The van der Waals surface area contributed by atoms with Crippen molar-refractivity contribution in [3.05, 3.63) is 29.4 Å². The van der Waals surface area contributed by atoms with E-state index in [4.69, 9.17) is 0 Å². The molecule has 0 amide bonds. The van der Waals surface area contributed by atoms with E-state index in [2.05, 4.69) is 40.4 Å². The second-order valence-corrected chi connectivity index (χ2v) is 5.88. The molecule has 0 spiro atoms. The van der Waals surface area contributed by atoms with Crippen molar-refractivity contribution < 1.29 is 0 Å². The second-order valence-electron chi connectivity index (χ2n) is 3.81. The van der Waals surface area contributed by atoms with Gasteiger partial charge in [0.1, 0.15) is 10.5 Å². The Bertz CT molecular complexity index is 456. The van der Waals surface area contributed by atoms with Gasteiger partial charge in [0.25, 0.3) is 0 Å². The van der Waals surface area contributed by atoms with Gasteiger partial charge in [-0.1, -0.05) is 31.3 Å². The Morgan fingerprint density at radius 3 is 3.06 bits per heavy atom. The number of aromatic nitrogens is 3. The van der Waals surface area contributed by atoms with Crippen LogP contribution in [0.15, 0.2) is 33.2 Å². The summed E-state index contributed by atoms with van der Waals surface area (Å²) in [5.41, 5.74) is 2.93. The first-order chi connectivity index (χ1) is 8.25. The number of nitrogens with zero attached hydrogens (tertiary/aromatic N) is 3. The zero-order chi connectivity index (χ0) is 12.1. The third-order valence-corrected chi connectivity index (χ3v) is 3.91. The summed E-state index contributed by atoms with van der Waals surface area (Å²) in [7, 11) is 0. The summed E-state index contributed by atoms with van der Waals surface area (Å²) in [4.78, 5) is 4.39. The van der Waals surface area contributed by atoms with Crippen molar-refractivity contribution in [1.82, 2.24) is 20.5 Å². The third-order valence-electron chi connectivity index (χ3n) is 2.07. The van der Waals surface area contributed by atoms with Crippen molar-refractivity contribution in [1.29, 1.82) is 0 Å². The number of hydrogen-bond acceptors (Lipinski definition) is 6. The highest BCUT2D eigenvalue weighted by molar-refractivity contribution is 8.01. The molecule has 4 nitrogen and oxygen atoms in total. The van der Waals surface area contributed by atoms with E-state index in [1.54, 1.807) is 17.3 Å². The van der Waals surface area contributed by atoms with Gasteiger partial charge in [0, 0.05) is 18.8 Å². The Kier molecular flexibility index (Phi) is 4.47. The van der Waals surface area contributed by atoms with Crippen molar-refractivity contribution >= 4 is 23.1 Å². The van der Waals surface area contributed by atoms with Gasteiger partial charge in [-0.3, -0.25) is 0 Å². The normalized spacial score (nSPS) is 11.0. The molecule has 0 aromatic carbocycles. The van der Waals surface area contributed by atoms with Crippen molar-refractivity contribution in [3.8, 4) is 0 Å². The van der Waals surface area contributed by atoms with E-state index in [9.17, 15) is 0 Å². The molecule has 2 heterocycles. The lowest BCUT2D eigenvalue weighted by molar-refractivity contribution is 0.582. The van der Waals surface area contributed by atoms with E-state index in [1.807, 2.05) is 12.3 Å². The zero-order valence-corrected chi connectivity index (χ0v) is 11.4. The molecule has 0 aliphatic carbocycles. The van der Waals surface area contributed by atoms with Gasteiger partial charge in [0.05, 0.1) is 0 Å². The molecule has 0 bridgehead atoms. The predicted octanol–water partition coefficient (Wildman–Crippen LogP) is 2.58. The first-order valence-corrected chi connectivity index (χ1v) is 7.06. The summed E-state index contributed by atoms with van der Waals surface area (Å²) in [5, 5.41) is 12.2. The minimum atomic E-state index is 0.467. The average Bonchev–Trinajstić information content (AvgIpc) is 2.80. The SMILES string of the molecule is CC(C)NCc1cccnc1Sc1nncs1. The van der Waals surface area contributed by atoms with Crippen LogP contribution in [0.3, 0.4) is 0 Å². The van der Waals surface area contributed by atoms with Gasteiger partial charge in [0.15, 0.2) is 4.34 Å². The summed E-state index contributed by atoms with van der Waals surface area (Å²) < 4.78 is 0.925. The maximum atomic E-state index is 4.39. The van der Waals surface area contributed by atoms with Crippen LogP contribution in [0.25, 0.3) is 0 Å². The lowest BCUT2D eigenvalue weighted by Crippen LogP contribution is -2.22. The molecule has 0 aliphatic rings. The monoisotopic (exact) mass is 266 g/mol.